The number of hydrogen-bond donors (Lipinski definition) is 1. The van der Waals surface area contributed by atoms with Crippen molar-refractivity contribution in [3.63, 3.8) is 0 Å². The van der Waals surface area contributed by atoms with Crippen molar-refractivity contribution in [1.29, 1.82) is 0 Å². The summed E-state index contributed by atoms with van der Waals surface area (Å²) in [5.41, 5.74) is 2.89. The lowest BCUT2D eigenvalue weighted by molar-refractivity contribution is 0.0138. The predicted molar refractivity (Wildman–Crippen MR) is 79.9 cm³/mol. The Kier molecular flexibility index (Phi) is 4.13. The Hall–Kier alpha value is -0.870. The van der Waals surface area contributed by atoms with Crippen LogP contribution in [0.25, 0.3) is 0 Å². The molecule has 2 fully saturated rings. The Morgan fingerprint density at radius 3 is 2.80 bits per heavy atom. The molecule has 112 valence electrons. The molecular weight excluding hydrogens is 250 g/mol. The number of ether oxygens (including phenoxy) is 1. The Labute approximate surface area is 121 Å². The standard InChI is InChI=1S/C16H27N3O/c1-3-19-15(10-13(2)18-19)11-16(6-8-20-9-7-16)12-17-14-4-5-14/h10,14,17H,3-9,11-12H2,1-2H3. The molecule has 0 radical (unpaired) electrons. The monoisotopic (exact) mass is 277 g/mol. The molecule has 1 N–H and O–H groups in total. The molecule has 4 nitrogen and oxygen atoms in total. The van der Waals surface area contributed by atoms with Crippen molar-refractivity contribution in [2.24, 2.45) is 5.41 Å². The summed E-state index contributed by atoms with van der Waals surface area (Å²) in [6, 6.07) is 3.05. The van der Waals surface area contributed by atoms with Crippen molar-refractivity contribution < 1.29 is 4.74 Å². The van der Waals surface area contributed by atoms with Crippen LogP contribution in [-0.4, -0.2) is 35.6 Å². The molecule has 0 unspecified atom stereocenters. The first-order valence-electron chi connectivity index (χ1n) is 8.05. The first-order valence-corrected chi connectivity index (χ1v) is 8.05. The summed E-state index contributed by atoms with van der Waals surface area (Å²) in [7, 11) is 0. The van der Waals surface area contributed by atoms with Crippen LogP contribution in [0.4, 0.5) is 0 Å². The quantitative estimate of drug-likeness (QED) is 0.867. The molecular formula is C16H27N3O. The number of rotatable bonds is 6. The molecule has 20 heavy (non-hydrogen) atoms. The van der Waals surface area contributed by atoms with Gasteiger partial charge < -0.3 is 10.1 Å². The van der Waals surface area contributed by atoms with E-state index in [2.05, 4.69) is 35.0 Å². The maximum Gasteiger partial charge on any atom is 0.0596 e. The molecule has 0 atom stereocenters. The molecule has 1 saturated carbocycles. The van der Waals surface area contributed by atoms with Gasteiger partial charge in [0, 0.05) is 38.0 Å². The van der Waals surface area contributed by atoms with Crippen molar-refractivity contribution in [2.45, 2.75) is 58.5 Å². The van der Waals surface area contributed by atoms with Crippen molar-refractivity contribution in [1.82, 2.24) is 15.1 Å². The number of aryl methyl sites for hydroxylation is 2. The van der Waals surface area contributed by atoms with Gasteiger partial charge >= 0.3 is 0 Å². The number of hydrogen-bond acceptors (Lipinski definition) is 3. The summed E-state index contributed by atoms with van der Waals surface area (Å²) in [6.07, 6.45) is 6.18. The van der Waals surface area contributed by atoms with Gasteiger partial charge in [0.2, 0.25) is 0 Å². The molecule has 0 spiro atoms. The summed E-state index contributed by atoms with van der Waals surface area (Å²) in [5, 5.41) is 8.34. The third-order valence-electron chi connectivity index (χ3n) is 4.74. The Morgan fingerprint density at radius 1 is 1.40 bits per heavy atom. The van der Waals surface area contributed by atoms with Crippen molar-refractivity contribution >= 4 is 0 Å². The predicted octanol–water partition coefficient (Wildman–Crippen LogP) is 2.30. The van der Waals surface area contributed by atoms with E-state index in [-0.39, 0.29) is 0 Å². The second kappa shape index (κ2) is 5.86. The second-order valence-corrected chi connectivity index (χ2v) is 6.54. The van der Waals surface area contributed by atoms with Crippen LogP contribution in [0.5, 0.6) is 0 Å². The van der Waals surface area contributed by atoms with Gasteiger partial charge in [0.15, 0.2) is 0 Å². The number of nitrogens with zero attached hydrogens (tertiary/aromatic N) is 2. The molecule has 1 aliphatic carbocycles. The van der Waals surface area contributed by atoms with Crippen LogP contribution in [0.2, 0.25) is 0 Å². The highest BCUT2D eigenvalue weighted by atomic mass is 16.5. The first-order chi connectivity index (χ1) is 9.71. The molecule has 3 rings (SSSR count). The lowest BCUT2D eigenvalue weighted by Crippen LogP contribution is -2.42. The minimum absolute atomic E-state index is 0.361. The average molecular weight is 277 g/mol. The highest BCUT2D eigenvalue weighted by Gasteiger charge is 2.35. The largest absolute Gasteiger partial charge is 0.381 e. The number of nitrogens with one attached hydrogen (secondary N) is 1. The molecule has 0 aromatic carbocycles. The third kappa shape index (κ3) is 3.23. The van der Waals surface area contributed by atoms with Crippen LogP contribution >= 0.6 is 0 Å². The maximum absolute atomic E-state index is 5.60. The summed E-state index contributed by atoms with van der Waals surface area (Å²) in [5.74, 6) is 0. The number of aromatic nitrogens is 2. The normalized spacial score (nSPS) is 22.1. The lowest BCUT2D eigenvalue weighted by Gasteiger charge is -2.37. The van der Waals surface area contributed by atoms with Gasteiger partial charge in [0.05, 0.1) is 5.69 Å². The van der Waals surface area contributed by atoms with Crippen LogP contribution in [0, 0.1) is 12.3 Å². The fourth-order valence-corrected chi connectivity index (χ4v) is 3.27. The minimum Gasteiger partial charge on any atom is -0.381 e. The fraction of sp³-hybridized carbons (Fsp3) is 0.812. The Morgan fingerprint density at radius 2 is 2.15 bits per heavy atom. The Bertz CT molecular complexity index is 445. The molecule has 1 aliphatic heterocycles. The third-order valence-corrected chi connectivity index (χ3v) is 4.74. The highest BCUT2D eigenvalue weighted by Crippen LogP contribution is 2.35. The molecule has 1 aromatic heterocycles. The van der Waals surface area contributed by atoms with E-state index in [0.717, 1.165) is 44.5 Å². The van der Waals surface area contributed by atoms with E-state index in [4.69, 9.17) is 4.74 Å². The van der Waals surface area contributed by atoms with Crippen LogP contribution in [-0.2, 0) is 17.7 Å². The van der Waals surface area contributed by atoms with E-state index >= 15 is 0 Å². The smallest absolute Gasteiger partial charge is 0.0596 e. The van der Waals surface area contributed by atoms with Gasteiger partial charge in [-0.15, -0.1) is 0 Å². The van der Waals surface area contributed by atoms with Gasteiger partial charge in [-0.3, -0.25) is 4.68 Å². The summed E-state index contributed by atoms with van der Waals surface area (Å²) in [6.45, 7) is 8.18. The zero-order valence-electron chi connectivity index (χ0n) is 12.8. The van der Waals surface area contributed by atoms with Crippen molar-refractivity contribution in [3.05, 3.63) is 17.5 Å². The van der Waals surface area contributed by atoms with Gasteiger partial charge in [0.25, 0.3) is 0 Å². The van der Waals surface area contributed by atoms with E-state index in [1.807, 2.05) is 0 Å². The molecule has 1 aromatic rings. The van der Waals surface area contributed by atoms with E-state index in [1.54, 1.807) is 0 Å². The average Bonchev–Trinajstić information content (AvgIpc) is 3.22. The molecule has 1 saturated heterocycles. The van der Waals surface area contributed by atoms with Gasteiger partial charge in [-0.2, -0.15) is 5.10 Å². The van der Waals surface area contributed by atoms with Crippen LogP contribution in [0.15, 0.2) is 6.07 Å². The lowest BCUT2D eigenvalue weighted by atomic mass is 9.76. The topological polar surface area (TPSA) is 39.1 Å². The second-order valence-electron chi connectivity index (χ2n) is 6.54. The molecule has 4 heteroatoms. The van der Waals surface area contributed by atoms with E-state index < -0.39 is 0 Å². The van der Waals surface area contributed by atoms with Gasteiger partial charge in [-0.05, 0) is 57.4 Å². The zero-order chi connectivity index (χ0) is 14.0. The van der Waals surface area contributed by atoms with E-state index in [9.17, 15) is 0 Å². The highest BCUT2D eigenvalue weighted by molar-refractivity contribution is 5.12. The Balaban J connectivity index is 1.73. The summed E-state index contributed by atoms with van der Waals surface area (Å²) in [4.78, 5) is 0. The molecule has 2 aliphatic rings. The first kappa shape index (κ1) is 14.1. The minimum atomic E-state index is 0.361. The summed E-state index contributed by atoms with van der Waals surface area (Å²) >= 11 is 0. The van der Waals surface area contributed by atoms with Crippen LogP contribution in [0.3, 0.4) is 0 Å². The van der Waals surface area contributed by atoms with E-state index in [1.165, 1.54) is 31.4 Å². The van der Waals surface area contributed by atoms with Crippen molar-refractivity contribution in [2.75, 3.05) is 19.8 Å². The molecule has 0 bridgehead atoms. The zero-order valence-corrected chi connectivity index (χ0v) is 12.8. The molecule has 2 heterocycles. The van der Waals surface area contributed by atoms with Crippen LogP contribution < -0.4 is 5.32 Å². The van der Waals surface area contributed by atoms with Gasteiger partial charge in [-0.25, -0.2) is 0 Å². The summed E-state index contributed by atoms with van der Waals surface area (Å²) < 4.78 is 7.77. The van der Waals surface area contributed by atoms with Gasteiger partial charge in [-0.1, -0.05) is 0 Å². The molecule has 0 amide bonds. The SMILES string of the molecule is CCn1nc(C)cc1CC1(CNC2CC2)CCOCC1. The fourth-order valence-electron chi connectivity index (χ4n) is 3.27. The van der Waals surface area contributed by atoms with Crippen molar-refractivity contribution in [3.8, 4) is 0 Å². The maximum atomic E-state index is 5.60. The van der Waals surface area contributed by atoms with E-state index in [0.29, 0.717) is 5.41 Å². The van der Waals surface area contributed by atoms with Gasteiger partial charge in [0.1, 0.15) is 0 Å². The van der Waals surface area contributed by atoms with Crippen LogP contribution in [0.1, 0.15) is 44.0 Å².